The van der Waals surface area contributed by atoms with Crippen molar-refractivity contribution in [3.8, 4) is 17.2 Å². The van der Waals surface area contributed by atoms with Crippen LogP contribution in [0.2, 0.25) is 0 Å². The van der Waals surface area contributed by atoms with E-state index in [9.17, 15) is 13.2 Å². The molecule has 38 heavy (non-hydrogen) atoms. The van der Waals surface area contributed by atoms with Crippen LogP contribution in [0.5, 0.6) is 17.2 Å². The van der Waals surface area contributed by atoms with Crippen molar-refractivity contribution in [1.82, 2.24) is 9.80 Å². The molecule has 0 aliphatic carbocycles. The van der Waals surface area contributed by atoms with Crippen LogP contribution in [0.4, 0.5) is 5.69 Å². The Morgan fingerprint density at radius 3 is 2.39 bits per heavy atom. The van der Waals surface area contributed by atoms with Gasteiger partial charge in [-0.3, -0.25) is 14.4 Å². The lowest BCUT2D eigenvalue weighted by Gasteiger charge is -2.34. The van der Waals surface area contributed by atoms with Gasteiger partial charge in [0.15, 0.2) is 18.1 Å². The number of carbonyl (C=O) groups excluding carboxylic acids is 1. The topological polar surface area (TPSA) is 97.4 Å². The third kappa shape index (κ3) is 6.03. The van der Waals surface area contributed by atoms with Gasteiger partial charge >= 0.3 is 0 Å². The Morgan fingerprint density at radius 2 is 1.66 bits per heavy atom. The van der Waals surface area contributed by atoms with Gasteiger partial charge in [0.1, 0.15) is 5.75 Å². The summed E-state index contributed by atoms with van der Waals surface area (Å²) < 4.78 is 44.8. The molecule has 2 aliphatic heterocycles. The van der Waals surface area contributed by atoms with Crippen molar-refractivity contribution in [3.05, 3.63) is 77.4 Å². The van der Waals surface area contributed by atoms with Crippen molar-refractivity contribution >= 4 is 21.6 Å². The number of carbonyl (C=O) groups is 1. The first kappa shape index (κ1) is 25.9. The summed E-state index contributed by atoms with van der Waals surface area (Å²) in [5, 5.41) is 0. The van der Waals surface area contributed by atoms with Crippen LogP contribution >= 0.6 is 0 Å². The predicted molar refractivity (Wildman–Crippen MR) is 143 cm³/mol. The SMILES string of the molecule is Cc1ccc(NS(=O)(=O)c2ccc(OCC(=O)N3CCN(Cc4ccc5c(c4)OCO5)CC3)c(C)c2)cc1. The molecule has 9 nitrogen and oxygen atoms in total. The number of piperazine rings is 1. The van der Waals surface area contributed by atoms with Gasteiger partial charge in [-0.15, -0.1) is 0 Å². The standard InChI is InChI=1S/C28H31N3O6S/c1-20-3-6-23(7-4-20)29-38(33,34)24-8-10-25(21(2)15-24)35-18-28(32)31-13-11-30(12-14-31)17-22-5-9-26-27(16-22)37-19-36-26/h3-10,15-16,29H,11-14,17-19H2,1-2H3. The molecule has 0 bridgehead atoms. The molecule has 0 unspecified atom stereocenters. The van der Waals surface area contributed by atoms with E-state index in [1.165, 1.54) is 6.07 Å². The number of amides is 1. The number of anilines is 1. The van der Waals surface area contributed by atoms with E-state index in [1.807, 2.05) is 37.3 Å². The van der Waals surface area contributed by atoms with Crippen molar-refractivity contribution < 1.29 is 27.4 Å². The zero-order valence-electron chi connectivity index (χ0n) is 21.5. The molecule has 10 heteroatoms. The van der Waals surface area contributed by atoms with Crippen molar-refractivity contribution in [1.29, 1.82) is 0 Å². The van der Waals surface area contributed by atoms with Crippen LogP contribution in [0.1, 0.15) is 16.7 Å². The van der Waals surface area contributed by atoms with E-state index < -0.39 is 10.0 Å². The second kappa shape index (κ2) is 10.9. The molecule has 0 atom stereocenters. The summed E-state index contributed by atoms with van der Waals surface area (Å²) in [6.07, 6.45) is 0. The van der Waals surface area contributed by atoms with Crippen LogP contribution in [-0.2, 0) is 21.4 Å². The number of rotatable bonds is 8. The van der Waals surface area contributed by atoms with Gasteiger partial charge in [0.2, 0.25) is 6.79 Å². The highest BCUT2D eigenvalue weighted by atomic mass is 32.2. The Balaban J connectivity index is 1.11. The van der Waals surface area contributed by atoms with Gasteiger partial charge in [-0.2, -0.15) is 0 Å². The Hall–Kier alpha value is -3.76. The summed E-state index contributed by atoms with van der Waals surface area (Å²) in [6, 6.07) is 17.7. The molecule has 2 aliphatic rings. The second-order valence-corrected chi connectivity index (χ2v) is 11.2. The molecule has 2 heterocycles. The van der Waals surface area contributed by atoms with Crippen molar-refractivity contribution in [2.45, 2.75) is 25.3 Å². The van der Waals surface area contributed by atoms with Crippen LogP contribution in [-0.4, -0.2) is 63.7 Å². The summed E-state index contributed by atoms with van der Waals surface area (Å²) >= 11 is 0. The summed E-state index contributed by atoms with van der Waals surface area (Å²) in [4.78, 5) is 17.0. The van der Waals surface area contributed by atoms with Gasteiger partial charge in [-0.25, -0.2) is 8.42 Å². The molecule has 0 saturated carbocycles. The third-order valence-corrected chi connectivity index (χ3v) is 8.06. The van der Waals surface area contributed by atoms with Crippen LogP contribution < -0.4 is 18.9 Å². The highest BCUT2D eigenvalue weighted by molar-refractivity contribution is 7.92. The molecule has 200 valence electrons. The number of nitrogens with one attached hydrogen (secondary N) is 1. The first-order chi connectivity index (χ1) is 18.3. The molecule has 1 N–H and O–H groups in total. The molecule has 0 aromatic heterocycles. The smallest absolute Gasteiger partial charge is 0.261 e. The van der Waals surface area contributed by atoms with Crippen LogP contribution in [0.15, 0.2) is 65.6 Å². The van der Waals surface area contributed by atoms with E-state index in [0.717, 1.165) is 42.3 Å². The van der Waals surface area contributed by atoms with E-state index >= 15 is 0 Å². The van der Waals surface area contributed by atoms with E-state index in [4.69, 9.17) is 14.2 Å². The number of nitrogens with zero attached hydrogens (tertiary/aromatic N) is 2. The fourth-order valence-electron chi connectivity index (χ4n) is 4.47. The monoisotopic (exact) mass is 537 g/mol. The maximum atomic E-state index is 12.8. The Morgan fingerprint density at radius 1 is 0.921 bits per heavy atom. The molecule has 0 spiro atoms. The van der Waals surface area contributed by atoms with Crippen LogP contribution in [0.3, 0.4) is 0 Å². The lowest BCUT2D eigenvalue weighted by atomic mass is 10.1. The molecule has 1 saturated heterocycles. The van der Waals surface area contributed by atoms with Crippen LogP contribution in [0.25, 0.3) is 0 Å². The van der Waals surface area contributed by atoms with Gasteiger partial charge in [0.05, 0.1) is 4.90 Å². The zero-order valence-corrected chi connectivity index (χ0v) is 22.3. The number of ether oxygens (including phenoxy) is 3. The molecule has 0 radical (unpaired) electrons. The number of aryl methyl sites for hydroxylation is 2. The Labute approximate surface area is 223 Å². The average molecular weight is 538 g/mol. The summed E-state index contributed by atoms with van der Waals surface area (Å²) in [5.41, 5.74) is 3.32. The van der Waals surface area contributed by atoms with Crippen molar-refractivity contribution in [2.75, 3.05) is 44.3 Å². The predicted octanol–water partition coefficient (Wildman–Crippen LogP) is 3.56. The van der Waals surface area contributed by atoms with E-state index in [0.29, 0.717) is 30.1 Å². The third-order valence-electron chi connectivity index (χ3n) is 6.68. The lowest BCUT2D eigenvalue weighted by Crippen LogP contribution is -2.49. The van der Waals surface area contributed by atoms with Crippen molar-refractivity contribution in [3.63, 3.8) is 0 Å². The minimum atomic E-state index is -3.74. The van der Waals surface area contributed by atoms with Gasteiger partial charge in [-0.05, 0) is 67.4 Å². The summed E-state index contributed by atoms with van der Waals surface area (Å²) in [7, 11) is -3.74. The molecular formula is C28H31N3O6S. The average Bonchev–Trinajstić information content (AvgIpc) is 3.37. The fourth-order valence-corrected chi connectivity index (χ4v) is 5.61. The lowest BCUT2D eigenvalue weighted by molar-refractivity contribution is -0.135. The first-order valence-corrected chi connectivity index (χ1v) is 14.0. The van der Waals surface area contributed by atoms with E-state index in [-0.39, 0.29) is 24.2 Å². The second-order valence-electron chi connectivity index (χ2n) is 9.53. The van der Waals surface area contributed by atoms with E-state index in [2.05, 4.69) is 9.62 Å². The molecule has 1 amide bonds. The van der Waals surface area contributed by atoms with Gasteiger partial charge in [0, 0.05) is 38.4 Å². The number of fused-ring (bicyclic) bond motifs is 1. The maximum Gasteiger partial charge on any atom is 0.261 e. The largest absolute Gasteiger partial charge is 0.483 e. The number of sulfonamides is 1. The highest BCUT2D eigenvalue weighted by Gasteiger charge is 2.23. The zero-order chi connectivity index (χ0) is 26.7. The normalized spacial score (nSPS) is 15.4. The highest BCUT2D eigenvalue weighted by Crippen LogP contribution is 2.33. The number of hydrogen-bond acceptors (Lipinski definition) is 7. The quantitative estimate of drug-likeness (QED) is 0.469. The minimum Gasteiger partial charge on any atom is -0.483 e. The number of benzene rings is 3. The van der Waals surface area contributed by atoms with Crippen LogP contribution in [0, 0.1) is 13.8 Å². The molecule has 1 fully saturated rings. The molecular weight excluding hydrogens is 506 g/mol. The maximum absolute atomic E-state index is 12.8. The minimum absolute atomic E-state index is 0.0927. The molecule has 3 aromatic rings. The Bertz CT molecular complexity index is 1420. The van der Waals surface area contributed by atoms with Crippen molar-refractivity contribution in [2.24, 2.45) is 0 Å². The first-order valence-electron chi connectivity index (χ1n) is 12.5. The fraction of sp³-hybridized carbons (Fsp3) is 0.321. The van der Waals surface area contributed by atoms with Gasteiger partial charge in [0.25, 0.3) is 15.9 Å². The molecule has 5 rings (SSSR count). The Kier molecular flexibility index (Phi) is 7.44. The molecule has 3 aromatic carbocycles. The van der Waals surface area contributed by atoms with Gasteiger partial charge in [-0.1, -0.05) is 23.8 Å². The number of hydrogen-bond donors (Lipinski definition) is 1. The summed E-state index contributed by atoms with van der Waals surface area (Å²) in [6.45, 7) is 7.41. The summed E-state index contributed by atoms with van der Waals surface area (Å²) in [5.74, 6) is 1.94. The van der Waals surface area contributed by atoms with E-state index in [1.54, 1.807) is 36.1 Å². The van der Waals surface area contributed by atoms with Gasteiger partial charge < -0.3 is 19.1 Å².